The molecule has 0 amide bonds. The van der Waals surface area contributed by atoms with Crippen LogP contribution < -0.4 is 4.57 Å². The van der Waals surface area contributed by atoms with Gasteiger partial charge in [0.05, 0.1) is 15.9 Å². The Morgan fingerprint density at radius 1 is 1.17 bits per heavy atom. The Morgan fingerprint density at radius 3 is 2.55 bits per heavy atom. The predicted molar refractivity (Wildman–Crippen MR) is 112 cm³/mol. The van der Waals surface area contributed by atoms with E-state index in [2.05, 4.69) is 20.9 Å². The molecule has 9 heteroatoms. The maximum absolute atomic E-state index is 12.9. The molecule has 1 atom stereocenters. The van der Waals surface area contributed by atoms with E-state index in [1.54, 1.807) is 41.4 Å². The molecule has 0 aliphatic heterocycles. The van der Waals surface area contributed by atoms with Crippen LogP contribution in [0.4, 0.5) is 5.82 Å². The third-order valence-corrected chi connectivity index (χ3v) is 5.70. The minimum atomic E-state index is -3.76. The molecular weight excluding hydrogens is 410 g/mol. The molecule has 0 saturated carbocycles. The molecule has 0 aliphatic carbocycles. The van der Waals surface area contributed by atoms with Crippen molar-refractivity contribution in [2.75, 3.05) is 0 Å². The van der Waals surface area contributed by atoms with E-state index in [-0.39, 0.29) is 10.7 Å². The van der Waals surface area contributed by atoms with E-state index < -0.39 is 10.0 Å². The lowest BCUT2D eigenvalue weighted by atomic mass is 10.3. The fourth-order valence-corrected chi connectivity index (χ4v) is 3.85. The number of allylic oxidation sites excluding steroid dienone is 1. The molecule has 0 bridgehead atoms. The molecule has 4 aromatic rings. The Balaban J connectivity index is 1.93. The summed E-state index contributed by atoms with van der Waals surface area (Å²) in [5.41, 5.74) is 1.23. The molecule has 1 unspecified atom stereocenters. The van der Waals surface area contributed by atoms with Gasteiger partial charge in [-0.05, 0) is 36.4 Å². The van der Waals surface area contributed by atoms with Crippen molar-refractivity contribution in [3.05, 3.63) is 84.9 Å². The van der Waals surface area contributed by atoms with Gasteiger partial charge in [0.25, 0.3) is 12.1 Å². The number of rotatable bonds is 5. The molecule has 2 heterocycles. The van der Waals surface area contributed by atoms with Crippen LogP contribution in [0.25, 0.3) is 16.9 Å². The smallest absolute Gasteiger partial charge is 0.272 e. The topological polar surface area (TPSA) is 84.3 Å². The maximum atomic E-state index is 12.9. The Labute approximate surface area is 173 Å². The lowest BCUT2D eigenvalue weighted by Crippen LogP contribution is -2.29. The van der Waals surface area contributed by atoms with Crippen LogP contribution in [0.1, 0.15) is 0 Å². The van der Waals surface area contributed by atoms with E-state index in [1.165, 1.54) is 12.1 Å². The fraction of sp³-hybridized carbons (Fsp3) is 0.0500. The first-order valence-corrected chi connectivity index (χ1v) is 10.5. The number of nitrogens with zero attached hydrogens (tertiary/aromatic N) is 5. The van der Waals surface area contributed by atoms with Gasteiger partial charge >= 0.3 is 0 Å². The second-order valence-electron chi connectivity index (χ2n) is 6.21. The van der Waals surface area contributed by atoms with Crippen molar-refractivity contribution in [3.8, 4) is 5.82 Å². The van der Waals surface area contributed by atoms with E-state index in [1.807, 2.05) is 29.0 Å². The van der Waals surface area contributed by atoms with Crippen molar-refractivity contribution in [2.45, 2.75) is 11.4 Å². The maximum Gasteiger partial charge on any atom is 0.272 e. The minimum absolute atomic E-state index is 0.0625. The van der Waals surface area contributed by atoms with Crippen molar-refractivity contribution in [2.24, 2.45) is 4.36 Å². The quantitative estimate of drug-likeness (QED) is 0.383. The molecular formula is C20H17ClN5O2S+. The van der Waals surface area contributed by atoms with Crippen molar-refractivity contribution in [1.82, 2.24) is 14.5 Å². The van der Waals surface area contributed by atoms with Crippen molar-refractivity contribution in [3.63, 3.8) is 0 Å². The summed E-state index contributed by atoms with van der Waals surface area (Å²) in [6.45, 7) is 4.34. The minimum Gasteiger partial charge on any atom is -0.296 e. The first-order chi connectivity index (χ1) is 14.0. The van der Waals surface area contributed by atoms with Crippen LogP contribution in [0, 0.1) is 0 Å². The molecule has 0 aliphatic rings. The van der Waals surface area contributed by atoms with Crippen LogP contribution in [0.5, 0.6) is 0 Å². The summed E-state index contributed by atoms with van der Waals surface area (Å²) in [6, 6.07) is 13.3. The molecule has 2 aromatic carbocycles. The first kappa shape index (κ1) is 19.3. The number of fused-ring (bicyclic) bond motifs is 1. The molecule has 4 rings (SSSR count). The highest BCUT2D eigenvalue weighted by atomic mass is 35.5. The highest BCUT2D eigenvalue weighted by molar-refractivity contribution is 7.88. The first-order valence-electron chi connectivity index (χ1n) is 8.66. The summed E-state index contributed by atoms with van der Waals surface area (Å²) in [4.78, 5) is 9.25. The molecule has 146 valence electrons. The zero-order chi connectivity index (χ0) is 20.4. The van der Waals surface area contributed by atoms with Gasteiger partial charge in [-0.2, -0.15) is 4.57 Å². The Morgan fingerprint density at radius 2 is 1.86 bits per heavy atom. The molecule has 1 N–H and O–H groups in total. The molecule has 7 nitrogen and oxygen atoms in total. The normalized spacial score (nSPS) is 13.2. The van der Waals surface area contributed by atoms with E-state index in [4.69, 9.17) is 11.6 Å². The second kappa shape index (κ2) is 7.75. The number of aromatic nitrogens is 4. The number of imidazole rings is 1. The number of benzene rings is 2. The number of para-hydroxylation sites is 2. The van der Waals surface area contributed by atoms with Crippen molar-refractivity contribution < 1.29 is 13.3 Å². The van der Waals surface area contributed by atoms with Crippen LogP contribution in [-0.4, -0.2) is 23.3 Å². The molecule has 0 saturated heterocycles. The highest BCUT2D eigenvalue weighted by Crippen LogP contribution is 2.26. The Bertz CT molecular complexity index is 1320. The number of halogens is 1. The standard InChI is InChI=1S/C20H16ClN5O2S/c1-2-11-25-12-13-26(14-25)20-19(22-17-5-3-4-6-18(17)23-20)24-29(27,28)16-9-7-15(21)8-10-16/h2-10,12-14H,1,11H2/p+1. The summed E-state index contributed by atoms with van der Waals surface area (Å²) in [6.07, 6.45) is 7.18. The molecule has 0 fully saturated rings. The molecule has 29 heavy (non-hydrogen) atoms. The number of hydrogen-bond donors (Lipinski definition) is 1. The molecule has 0 radical (unpaired) electrons. The van der Waals surface area contributed by atoms with Gasteiger partial charge < -0.3 is 0 Å². The summed E-state index contributed by atoms with van der Waals surface area (Å²) >= 11 is 5.88. The van der Waals surface area contributed by atoms with Crippen LogP contribution in [-0.2, 0) is 16.6 Å². The van der Waals surface area contributed by atoms with E-state index >= 15 is 0 Å². The van der Waals surface area contributed by atoms with Gasteiger partial charge in [-0.25, -0.2) is 18.7 Å². The van der Waals surface area contributed by atoms with Crippen LogP contribution >= 0.6 is 11.6 Å². The van der Waals surface area contributed by atoms with Gasteiger partial charge in [0.2, 0.25) is 5.82 Å². The largest absolute Gasteiger partial charge is 0.296 e. The lowest BCUT2D eigenvalue weighted by molar-refractivity contribution is -0.686. The zero-order valence-electron chi connectivity index (χ0n) is 15.2. The molecule has 2 aromatic heterocycles. The predicted octanol–water partition coefficient (Wildman–Crippen LogP) is 4.18. The van der Waals surface area contributed by atoms with Gasteiger partial charge in [-0.3, -0.25) is 4.55 Å². The average Bonchev–Trinajstić information content (AvgIpc) is 3.16. The van der Waals surface area contributed by atoms with E-state index in [9.17, 15) is 8.76 Å². The zero-order valence-corrected chi connectivity index (χ0v) is 16.8. The third kappa shape index (κ3) is 4.04. The number of hydrogen-bond acceptors (Lipinski definition) is 4. The van der Waals surface area contributed by atoms with Crippen LogP contribution in [0.15, 0.2) is 89.2 Å². The highest BCUT2D eigenvalue weighted by Gasteiger charge is 2.19. The van der Waals surface area contributed by atoms with E-state index in [0.29, 0.717) is 28.4 Å². The summed E-state index contributed by atoms with van der Waals surface area (Å²) in [7, 11) is -3.76. The van der Waals surface area contributed by atoms with Gasteiger partial charge in [-0.15, -0.1) is 4.36 Å². The van der Waals surface area contributed by atoms with Gasteiger partial charge in [-0.1, -0.05) is 36.4 Å². The summed E-state index contributed by atoms with van der Waals surface area (Å²) < 4.78 is 31.2. The van der Waals surface area contributed by atoms with E-state index in [0.717, 1.165) is 0 Å². The Hall–Kier alpha value is -3.07. The van der Waals surface area contributed by atoms with Crippen molar-refractivity contribution in [1.29, 1.82) is 0 Å². The summed E-state index contributed by atoms with van der Waals surface area (Å²) in [5.74, 6) is 0.412. The van der Waals surface area contributed by atoms with Crippen LogP contribution in [0.2, 0.25) is 5.02 Å². The fourth-order valence-electron chi connectivity index (χ4n) is 2.77. The SMILES string of the molecule is C=CC[n+]1ccn(-c2nc3ccccc3nc2N=S(=O)(O)c2ccc(Cl)cc2)c1. The van der Waals surface area contributed by atoms with Gasteiger partial charge in [0.15, 0.2) is 10.0 Å². The summed E-state index contributed by atoms with van der Waals surface area (Å²) in [5, 5.41) is 0.467. The second-order valence-corrected chi connectivity index (χ2v) is 8.29. The van der Waals surface area contributed by atoms with Gasteiger partial charge in [0, 0.05) is 5.02 Å². The molecule has 0 spiro atoms. The van der Waals surface area contributed by atoms with Gasteiger partial charge in [0.1, 0.15) is 18.9 Å². The van der Waals surface area contributed by atoms with Crippen molar-refractivity contribution >= 4 is 38.5 Å². The monoisotopic (exact) mass is 426 g/mol. The van der Waals surface area contributed by atoms with Crippen LogP contribution in [0.3, 0.4) is 0 Å². The third-order valence-electron chi connectivity index (χ3n) is 4.14. The lowest BCUT2D eigenvalue weighted by Gasteiger charge is -2.06. The Kier molecular flexibility index (Phi) is 5.14. The average molecular weight is 427 g/mol.